The fourth-order valence-electron chi connectivity index (χ4n) is 1.48. The summed E-state index contributed by atoms with van der Waals surface area (Å²) in [5.74, 6) is -0.112. The Labute approximate surface area is 113 Å². The van der Waals surface area contributed by atoms with Gasteiger partial charge in [0.15, 0.2) is 0 Å². The zero-order chi connectivity index (χ0) is 14.6. The third-order valence-corrected chi connectivity index (χ3v) is 2.50. The predicted octanol–water partition coefficient (Wildman–Crippen LogP) is 2.84. The molecular formula is C14H21NO4. The number of hydrogen-bond acceptors (Lipinski definition) is 4. The molecule has 0 aromatic heterocycles. The summed E-state index contributed by atoms with van der Waals surface area (Å²) in [6, 6.07) is 4.81. The van der Waals surface area contributed by atoms with E-state index in [0.717, 1.165) is 5.56 Å². The Balaban J connectivity index is 2.85. The second kappa shape index (κ2) is 5.93. The average Bonchev–Trinajstić information content (AvgIpc) is 2.28. The molecule has 0 fully saturated rings. The van der Waals surface area contributed by atoms with Gasteiger partial charge in [-0.1, -0.05) is 13.0 Å². The number of ether oxygens (including phenoxy) is 1. The average molecular weight is 267 g/mol. The van der Waals surface area contributed by atoms with Gasteiger partial charge in [0.2, 0.25) is 0 Å². The first-order chi connectivity index (χ1) is 8.73. The molecule has 106 valence electrons. The van der Waals surface area contributed by atoms with Crippen LogP contribution in [0.15, 0.2) is 18.2 Å². The number of phenols is 1. The fourth-order valence-corrected chi connectivity index (χ4v) is 1.48. The van der Waals surface area contributed by atoms with E-state index in [2.05, 4.69) is 5.32 Å². The number of amides is 1. The predicted molar refractivity (Wildman–Crippen MR) is 73.5 cm³/mol. The normalized spacial score (nSPS) is 12.9. The van der Waals surface area contributed by atoms with E-state index in [-0.39, 0.29) is 24.0 Å². The summed E-state index contributed by atoms with van der Waals surface area (Å²) >= 11 is 0. The lowest BCUT2D eigenvalue weighted by atomic mass is 10.0. The highest BCUT2D eigenvalue weighted by Crippen LogP contribution is 2.28. The molecule has 1 amide bonds. The molecule has 19 heavy (non-hydrogen) atoms. The highest BCUT2D eigenvalue weighted by atomic mass is 16.6. The van der Waals surface area contributed by atoms with E-state index in [1.54, 1.807) is 32.9 Å². The number of nitrogens with one attached hydrogen (secondary N) is 1. The molecule has 0 aliphatic carbocycles. The number of hydrogen-bond donors (Lipinski definition) is 3. The van der Waals surface area contributed by atoms with Gasteiger partial charge in [-0.25, -0.2) is 4.79 Å². The van der Waals surface area contributed by atoms with Gasteiger partial charge in [0.05, 0.1) is 5.69 Å². The van der Waals surface area contributed by atoms with Gasteiger partial charge < -0.3 is 14.9 Å². The second-order valence-corrected chi connectivity index (χ2v) is 5.49. The van der Waals surface area contributed by atoms with Crippen LogP contribution >= 0.6 is 0 Å². The van der Waals surface area contributed by atoms with Crippen molar-refractivity contribution in [3.63, 3.8) is 0 Å². The minimum absolute atomic E-state index is 0.00332. The van der Waals surface area contributed by atoms with Gasteiger partial charge in [-0.15, -0.1) is 0 Å². The minimum Gasteiger partial charge on any atom is -0.506 e. The van der Waals surface area contributed by atoms with Gasteiger partial charge in [0.1, 0.15) is 11.4 Å². The summed E-state index contributed by atoms with van der Waals surface area (Å²) in [7, 11) is 0. The van der Waals surface area contributed by atoms with Crippen molar-refractivity contribution in [2.24, 2.45) is 0 Å². The van der Waals surface area contributed by atoms with E-state index in [9.17, 15) is 9.90 Å². The van der Waals surface area contributed by atoms with Crippen LogP contribution < -0.4 is 5.32 Å². The second-order valence-electron chi connectivity index (χ2n) is 5.49. The third kappa shape index (κ3) is 4.79. The van der Waals surface area contributed by atoms with Crippen molar-refractivity contribution in [1.29, 1.82) is 0 Å². The minimum atomic E-state index is -0.628. The summed E-state index contributed by atoms with van der Waals surface area (Å²) in [6.07, 6.45) is -0.628. The topological polar surface area (TPSA) is 78.8 Å². The van der Waals surface area contributed by atoms with Crippen molar-refractivity contribution in [1.82, 2.24) is 0 Å². The Morgan fingerprint density at radius 1 is 1.42 bits per heavy atom. The van der Waals surface area contributed by atoms with Gasteiger partial charge in [-0.05, 0) is 38.5 Å². The van der Waals surface area contributed by atoms with Crippen LogP contribution in [0.2, 0.25) is 0 Å². The Hall–Kier alpha value is -1.75. The van der Waals surface area contributed by atoms with E-state index >= 15 is 0 Å². The van der Waals surface area contributed by atoms with Crippen LogP contribution in [0.5, 0.6) is 5.75 Å². The van der Waals surface area contributed by atoms with Crippen LogP contribution in [0.25, 0.3) is 0 Å². The van der Waals surface area contributed by atoms with E-state index in [4.69, 9.17) is 9.84 Å². The van der Waals surface area contributed by atoms with Crippen LogP contribution in [0.3, 0.4) is 0 Å². The third-order valence-electron chi connectivity index (χ3n) is 2.50. The van der Waals surface area contributed by atoms with Gasteiger partial charge in [0, 0.05) is 12.5 Å². The number of anilines is 1. The van der Waals surface area contributed by atoms with E-state index in [1.165, 1.54) is 6.07 Å². The first-order valence-electron chi connectivity index (χ1n) is 6.16. The SMILES string of the molecule is CC(CO)c1ccc(O)c(NC(=O)OC(C)(C)C)c1. The Bertz CT molecular complexity index is 451. The van der Waals surface area contributed by atoms with E-state index < -0.39 is 11.7 Å². The van der Waals surface area contributed by atoms with Crippen molar-refractivity contribution in [3.8, 4) is 5.75 Å². The summed E-state index contributed by atoms with van der Waals surface area (Å²) in [4.78, 5) is 11.6. The zero-order valence-electron chi connectivity index (χ0n) is 11.7. The van der Waals surface area contributed by atoms with Crippen molar-refractivity contribution < 1.29 is 19.7 Å². The lowest BCUT2D eigenvalue weighted by Crippen LogP contribution is -2.27. The van der Waals surface area contributed by atoms with Crippen molar-refractivity contribution in [2.45, 2.75) is 39.2 Å². The standard InChI is InChI=1S/C14H21NO4/c1-9(8-16)10-5-6-12(17)11(7-10)15-13(18)19-14(2,3)4/h5-7,9,16-17H,8H2,1-4H3,(H,15,18). The fraction of sp³-hybridized carbons (Fsp3) is 0.500. The number of rotatable bonds is 3. The molecule has 0 saturated carbocycles. The monoisotopic (exact) mass is 267 g/mol. The molecule has 5 nitrogen and oxygen atoms in total. The molecule has 1 atom stereocenters. The molecule has 0 radical (unpaired) electrons. The Kier molecular flexibility index (Phi) is 4.78. The number of aliphatic hydroxyl groups excluding tert-OH is 1. The highest BCUT2D eigenvalue weighted by molar-refractivity contribution is 5.87. The van der Waals surface area contributed by atoms with Gasteiger partial charge >= 0.3 is 6.09 Å². The van der Waals surface area contributed by atoms with Crippen LogP contribution in [0.1, 0.15) is 39.2 Å². The molecule has 0 aliphatic heterocycles. The van der Waals surface area contributed by atoms with Crippen LogP contribution in [-0.4, -0.2) is 28.5 Å². The maximum Gasteiger partial charge on any atom is 0.412 e. The highest BCUT2D eigenvalue weighted by Gasteiger charge is 2.17. The summed E-state index contributed by atoms with van der Waals surface area (Å²) < 4.78 is 5.11. The molecule has 1 aromatic carbocycles. The number of carbonyl (C=O) groups is 1. The number of benzene rings is 1. The summed E-state index contributed by atoms with van der Waals surface area (Å²) in [5, 5.41) is 21.3. The molecule has 0 heterocycles. The molecular weight excluding hydrogens is 246 g/mol. The van der Waals surface area contributed by atoms with Crippen LogP contribution in [0, 0.1) is 0 Å². The van der Waals surface area contributed by atoms with Crippen molar-refractivity contribution in [3.05, 3.63) is 23.8 Å². The lowest BCUT2D eigenvalue weighted by Gasteiger charge is -2.20. The molecule has 0 spiro atoms. The largest absolute Gasteiger partial charge is 0.506 e. The molecule has 0 saturated heterocycles. The van der Waals surface area contributed by atoms with Crippen molar-refractivity contribution >= 4 is 11.8 Å². The van der Waals surface area contributed by atoms with Gasteiger partial charge in [0.25, 0.3) is 0 Å². The zero-order valence-corrected chi connectivity index (χ0v) is 11.7. The number of carbonyl (C=O) groups excluding carboxylic acids is 1. The Morgan fingerprint density at radius 2 is 2.05 bits per heavy atom. The quantitative estimate of drug-likeness (QED) is 0.736. The van der Waals surface area contributed by atoms with Gasteiger partial charge in [-0.3, -0.25) is 5.32 Å². The Morgan fingerprint density at radius 3 is 2.58 bits per heavy atom. The molecule has 0 bridgehead atoms. The smallest absolute Gasteiger partial charge is 0.412 e. The molecule has 1 unspecified atom stereocenters. The van der Waals surface area contributed by atoms with E-state index in [1.807, 2.05) is 6.92 Å². The summed E-state index contributed by atoms with van der Waals surface area (Å²) in [6.45, 7) is 7.13. The van der Waals surface area contributed by atoms with Crippen molar-refractivity contribution in [2.75, 3.05) is 11.9 Å². The number of aliphatic hydroxyl groups is 1. The van der Waals surface area contributed by atoms with E-state index in [0.29, 0.717) is 0 Å². The maximum atomic E-state index is 11.6. The maximum absolute atomic E-state index is 11.6. The van der Waals surface area contributed by atoms with Gasteiger partial charge in [-0.2, -0.15) is 0 Å². The first kappa shape index (κ1) is 15.3. The van der Waals surface area contributed by atoms with Crippen LogP contribution in [-0.2, 0) is 4.74 Å². The van der Waals surface area contributed by atoms with Crippen LogP contribution in [0.4, 0.5) is 10.5 Å². The molecule has 3 N–H and O–H groups in total. The molecule has 1 aromatic rings. The summed E-state index contributed by atoms with van der Waals surface area (Å²) in [5.41, 5.74) is 0.494. The molecule has 0 aliphatic rings. The first-order valence-corrected chi connectivity index (χ1v) is 6.16. The molecule has 1 rings (SSSR count). The number of phenolic OH excluding ortho intramolecular Hbond substituents is 1. The number of aromatic hydroxyl groups is 1. The lowest BCUT2D eigenvalue weighted by molar-refractivity contribution is 0.0635. The molecule has 5 heteroatoms.